The molecule has 1 rings (SSSR count). The van der Waals surface area contributed by atoms with Gasteiger partial charge in [-0.15, -0.1) is 0 Å². The van der Waals surface area contributed by atoms with E-state index in [1.807, 2.05) is 0 Å². The highest BCUT2D eigenvalue weighted by Gasteiger charge is 2.24. The van der Waals surface area contributed by atoms with Gasteiger partial charge < -0.3 is 15.8 Å². The van der Waals surface area contributed by atoms with Crippen LogP contribution in [0.15, 0.2) is 0 Å². The van der Waals surface area contributed by atoms with Crippen molar-refractivity contribution in [2.45, 2.75) is 57.5 Å². The van der Waals surface area contributed by atoms with E-state index < -0.39 is 0 Å². The molecular formula is C13H26N2O2. The molecule has 4 nitrogen and oxygen atoms in total. The zero-order valence-corrected chi connectivity index (χ0v) is 11.1. The minimum Gasteiger partial charge on any atom is -0.383 e. The van der Waals surface area contributed by atoms with Crippen LogP contribution in [0.2, 0.25) is 0 Å². The van der Waals surface area contributed by atoms with Crippen molar-refractivity contribution in [2.75, 3.05) is 13.7 Å². The Morgan fingerprint density at radius 3 is 2.76 bits per heavy atom. The van der Waals surface area contributed by atoms with Gasteiger partial charge in [0.1, 0.15) is 0 Å². The summed E-state index contributed by atoms with van der Waals surface area (Å²) in [6.07, 6.45) is 6.04. The van der Waals surface area contributed by atoms with Crippen molar-refractivity contribution in [2.24, 2.45) is 11.7 Å². The Hall–Kier alpha value is -0.610. The molecule has 1 aliphatic carbocycles. The van der Waals surface area contributed by atoms with Gasteiger partial charge in [0.15, 0.2) is 0 Å². The van der Waals surface area contributed by atoms with Crippen LogP contribution in [0, 0.1) is 5.92 Å². The van der Waals surface area contributed by atoms with Crippen LogP contribution >= 0.6 is 0 Å². The molecule has 3 unspecified atom stereocenters. The van der Waals surface area contributed by atoms with E-state index in [9.17, 15) is 4.79 Å². The molecule has 17 heavy (non-hydrogen) atoms. The standard InChI is InChI=1S/C13H26N2O2/c1-3-11(9-17-2)15-13(16)8-10-6-4-5-7-12(10)14/h10-12H,3-9,14H2,1-2H3,(H,15,16). The van der Waals surface area contributed by atoms with Crippen molar-refractivity contribution < 1.29 is 9.53 Å². The van der Waals surface area contributed by atoms with Gasteiger partial charge in [0.2, 0.25) is 5.91 Å². The second-order valence-corrected chi connectivity index (χ2v) is 5.04. The lowest BCUT2D eigenvalue weighted by Gasteiger charge is -2.28. The lowest BCUT2D eigenvalue weighted by molar-refractivity contribution is -0.123. The molecule has 0 saturated heterocycles. The number of hydrogen-bond donors (Lipinski definition) is 2. The average Bonchev–Trinajstić information content (AvgIpc) is 2.31. The van der Waals surface area contributed by atoms with Gasteiger partial charge in [-0.25, -0.2) is 0 Å². The lowest BCUT2D eigenvalue weighted by atomic mass is 9.83. The van der Waals surface area contributed by atoms with E-state index in [1.165, 1.54) is 12.8 Å². The third-order valence-electron chi connectivity index (χ3n) is 3.64. The quantitative estimate of drug-likeness (QED) is 0.740. The van der Waals surface area contributed by atoms with Crippen molar-refractivity contribution in [3.8, 4) is 0 Å². The number of carbonyl (C=O) groups is 1. The number of rotatable bonds is 6. The van der Waals surface area contributed by atoms with E-state index in [0.717, 1.165) is 19.3 Å². The summed E-state index contributed by atoms with van der Waals surface area (Å²) in [6.45, 7) is 2.63. The van der Waals surface area contributed by atoms with Crippen LogP contribution in [0.3, 0.4) is 0 Å². The number of ether oxygens (including phenoxy) is 1. The van der Waals surface area contributed by atoms with Crippen molar-refractivity contribution in [3.05, 3.63) is 0 Å². The highest BCUT2D eigenvalue weighted by molar-refractivity contribution is 5.76. The zero-order valence-electron chi connectivity index (χ0n) is 11.1. The smallest absolute Gasteiger partial charge is 0.220 e. The highest BCUT2D eigenvalue weighted by Crippen LogP contribution is 2.25. The predicted octanol–water partition coefficient (Wildman–Crippen LogP) is 1.44. The second kappa shape index (κ2) is 7.67. The molecule has 0 bridgehead atoms. The molecule has 0 aliphatic heterocycles. The van der Waals surface area contributed by atoms with Crippen LogP contribution in [0.5, 0.6) is 0 Å². The summed E-state index contributed by atoms with van der Waals surface area (Å²) in [4.78, 5) is 11.9. The fourth-order valence-electron chi connectivity index (χ4n) is 2.48. The Kier molecular flexibility index (Phi) is 6.52. The van der Waals surface area contributed by atoms with Crippen LogP contribution in [-0.4, -0.2) is 31.7 Å². The summed E-state index contributed by atoms with van der Waals surface area (Å²) in [7, 11) is 1.66. The van der Waals surface area contributed by atoms with E-state index >= 15 is 0 Å². The van der Waals surface area contributed by atoms with Crippen molar-refractivity contribution >= 4 is 5.91 Å². The Morgan fingerprint density at radius 1 is 1.47 bits per heavy atom. The molecule has 0 aromatic rings. The van der Waals surface area contributed by atoms with Crippen LogP contribution in [0.4, 0.5) is 0 Å². The Bertz CT molecular complexity index is 233. The van der Waals surface area contributed by atoms with Gasteiger partial charge in [0.25, 0.3) is 0 Å². The summed E-state index contributed by atoms with van der Waals surface area (Å²) in [6, 6.07) is 0.337. The molecule has 0 spiro atoms. The average molecular weight is 242 g/mol. The molecule has 1 amide bonds. The first-order valence-electron chi connectivity index (χ1n) is 6.71. The minimum atomic E-state index is 0.122. The van der Waals surface area contributed by atoms with Crippen LogP contribution in [0.25, 0.3) is 0 Å². The molecule has 4 heteroatoms. The van der Waals surface area contributed by atoms with Gasteiger partial charge in [-0.05, 0) is 25.2 Å². The summed E-state index contributed by atoms with van der Waals surface area (Å²) in [5, 5.41) is 3.02. The van der Waals surface area contributed by atoms with Gasteiger partial charge in [-0.2, -0.15) is 0 Å². The van der Waals surface area contributed by atoms with Crippen LogP contribution in [-0.2, 0) is 9.53 Å². The fraction of sp³-hybridized carbons (Fsp3) is 0.923. The van der Waals surface area contributed by atoms with Crippen molar-refractivity contribution in [1.82, 2.24) is 5.32 Å². The lowest BCUT2D eigenvalue weighted by Crippen LogP contribution is -2.41. The number of nitrogens with one attached hydrogen (secondary N) is 1. The summed E-state index contributed by atoms with van der Waals surface area (Å²) in [5.41, 5.74) is 6.04. The molecule has 1 aliphatic rings. The highest BCUT2D eigenvalue weighted by atomic mass is 16.5. The summed E-state index contributed by atoms with van der Waals surface area (Å²) in [5.74, 6) is 0.486. The molecule has 100 valence electrons. The third-order valence-corrected chi connectivity index (χ3v) is 3.64. The monoisotopic (exact) mass is 242 g/mol. The summed E-state index contributed by atoms with van der Waals surface area (Å²) >= 11 is 0. The summed E-state index contributed by atoms with van der Waals surface area (Å²) < 4.78 is 5.07. The normalized spacial score (nSPS) is 26.5. The molecule has 0 radical (unpaired) electrons. The first kappa shape index (κ1) is 14.5. The van der Waals surface area contributed by atoms with Crippen LogP contribution in [0.1, 0.15) is 45.4 Å². The largest absolute Gasteiger partial charge is 0.383 e. The Labute approximate surface area is 104 Å². The number of carbonyl (C=O) groups excluding carboxylic acids is 1. The fourth-order valence-corrected chi connectivity index (χ4v) is 2.48. The second-order valence-electron chi connectivity index (χ2n) is 5.04. The number of nitrogens with two attached hydrogens (primary N) is 1. The third kappa shape index (κ3) is 5.04. The molecule has 0 heterocycles. The maximum Gasteiger partial charge on any atom is 0.220 e. The Morgan fingerprint density at radius 2 is 2.18 bits per heavy atom. The number of methoxy groups -OCH3 is 1. The molecule has 1 fully saturated rings. The Balaban J connectivity index is 2.32. The SMILES string of the molecule is CCC(COC)NC(=O)CC1CCCCC1N. The number of amides is 1. The molecular weight excluding hydrogens is 216 g/mol. The topological polar surface area (TPSA) is 64.3 Å². The van der Waals surface area contributed by atoms with E-state index in [2.05, 4.69) is 12.2 Å². The van der Waals surface area contributed by atoms with E-state index in [4.69, 9.17) is 10.5 Å². The van der Waals surface area contributed by atoms with E-state index in [0.29, 0.717) is 18.9 Å². The van der Waals surface area contributed by atoms with E-state index in [1.54, 1.807) is 7.11 Å². The van der Waals surface area contributed by atoms with Gasteiger partial charge in [-0.3, -0.25) is 4.79 Å². The molecule has 3 atom stereocenters. The first-order valence-corrected chi connectivity index (χ1v) is 6.71. The zero-order chi connectivity index (χ0) is 12.7. The van der Waals surface area contributed by atoms with Crippen molar-refractivity contribution in [3.63, 3.8) is 0 Å². The molecule has 0 aromatic carbocycles. The molecule has 0 aromatic heterocycles. The van der Waals surface area contributed by atoms with Crippen LogP contribution < -0.4 is 11.1 Å². The molecule has 1 saturated carbocycles. The maximum absolute atomic E-state index is 11.9. The predicted molar refractivity (Wildman–Crippen MR) is 68.6 cm³/mol. The van der Waals surface area contributed by atoms with Gasteiger partial charge in [0, 0.05) is 19.6 Å². The van der Waals surface area contributed by atoms with E-state index in [-0.39, 0.29) is 18.0 Å². The number of hydrogen-bond acceptors (Lipinski definition) is 3. The maximum atomic E-state index is 11.9. The van der Waals surface area contributed by atoms with Gasteiger partial charge in [0.05, 0.1) is 12.6 Å². The van der Waals surface area contributed by atoms with Crippen molar-refractivity contribution in [1.29, 1.82) is 0 Å². The first-order chi connectivity index (χ1) is 8.17. The minimum absolute atomic E-state index is 0.122. The molecule has 3 N–H and O–H groups in total. The van der Waals surface area contributed by atoms with Gasteiger partial charge >= 0.3 is 0 Å². The van der Waals surface area contributed by atoms with Gasteiger partial charge in [-0.1, -0.05) is 19.8 Å².